The molecule has 0 bridgehead atoms. The summed E-state index contributed by atoms with van der Waals surface area (Å²) in [5.74, 6) is -0.613. The lowest BCUT2D eigenvalue weighted by molar-refractivity contribution is -0.141. The second-order valence-electron chi connectivity index (χ2n) is 15.7. The van der Waals surface area contributed by atoms with E-state index >= 15 is 0 Å². The van der Waals surface area contributed by atoms with Crippen molar-refractivity contribution in [2.24, 2.45) is 10.7 Å². The lowest BCUT2D eigenvalue weighted by Crippen LogP contribution is -2.41. The van der Waals surface area contributed by atoms with Gasteiger partial charge in [0.25, 0.3) is 11.8 Å². The van der Waals surface area contributed by atoms with E-state index in [0.29, 0.717) is 174 Å². The van der Waals surface area contributed by atoms with Gasteiger partial charge in [0.15, 0.2) is 0 Å². The van der Waals surface area contributed by atoms with Gasteiger partial charge in [0.1, 0.15) is 12.4 Å². The Hall–Kier alpha value is -5.34. The fourth-order valence-corrected chi connectivity index (χ4v) is 6.56. The molecule has 0 saturated heterocycles. The molecule has 4 heterocycles. The van der Waals surface area contributed by atoms with Crippen LogP contribution in [-0.2, 0) is 66.5 Å². The van der Waals surface area contributed by atoms with Gasteiger partial charge in [-0.3, -0.25) is 29.1 Å². The molecule has 4 rings (SSSR count). The number of carbonyl (C=O) groups is 4. The molecular formula is C48H73N9O14. The Morgan fingerprint density at radius 2 is 1.03 bits per heavy atom. The normalized spacial score (nSPS) is 13.3. The molecule has 4 amide bonds. The number of nitrogens with one attached hydrogen (secondary N) is 2. The maximum absolute atomic E-state index is 13.3. The Balaban J connectivity index is 0.844. The smallest absolute Gasteiger partial charge is 0.254 e. The topological polar surface area (TPSA) is 268 Å². The van der Waals surface area contributed by atoms with Crippen LogP contribution < -0.4 is 16.4 Å². The number of nitrogens with zero attached hydrogens (tertiary/aromatic N) is 6. The number of imide groups is 1. The van der Waals surface area contributed by atoms with Crippen molar-refractivity contribution in [3.63, 3.8) is 0 Å². The summed E-state index contributed by atoms with van der Waals surface area (Å²) in [4.78, 5) is 68.8. The van der Waals surface area contributed by atoms with E-state index in [1.165, 1.54) is 0 Å². The zero-order valence-corrected chi connectivity index (χ0v) is 41.3. The van der Waals surface area contributed by atoms with Gasteiger partial charge in [0, 0.05) is 80.0 Å². The molecule has 0 radical (unpaired) electrons. The number of aromatic nitrogens is 3. The van der Waals surface area contributed by atoms with Crippen LogP contribution >= 0.6 is 0 Å². The summed E-state index contributed by atoms with van der Waals surface area (Å²) in [6, 6.07) is 1.88. The minimum Gasteiger partial charge on any atom is -0.387 e. The van der Waals surface area contributed by atoms with Gasteiger partial charge < -0.3 is 68.6 Å². The lowest BCUT2D eigenvalue weighted by Gasteiger charge is -2.22. The molecule has 23 nitrogen and oxygen atoms in total. The standard InChI is InChI=1S/C48H73N9O14/c1-3-9-56(10-4-2)47(61)38-31-41-42(55-43(49)33-38)32-39(34-52-41)40-35-53-48(54-36-40)51-8-12-63-14-16-65-18-20-67-22-24-69-26-28-71-30-29-70-27-25-68-23-21-66-19-17-64-15-13-62-11-7-50-44(58)37-57-45(59)5-6-46(57)60/h5-6,31-32,34-36H,3-4,7-30,33,37H2,1-2H3,(H2,49,55)(H,50,58)(H,51,53,54). The van der Waals surface area contributed by atoms with Crippen LogP contribution in [0.5, 0.6) is 0 Å². The van der Waals surface area contributed by atoms with Gasteiger partial charge in [-0.05, 0) is 25.0 Å². The third-order valence-electron chi connectivity index (χ3n) is 10.0. The van der Waals surface area contributed by atoms with Crippen LogP contribution in [0.1, 0.15) is 38.8 Å². The van der Waals surface area contributed by atoms with Crippen LogP contribution in [-0.4, -0.2) is 219 Å². The number of fused-ring (bicyclic) bond motifs is 1. The van der Waals surface area contributed by atoms with Crippen LogP contribution in [0.15, 0.2) is 47.4 Å². The summed E-state index contributed by atoms with van der Waals surface area (Å²) >= 11 is 0. The van der Waals surface area contributed by atoms with Gasteiger partial charge in [-0.1, -0.05) is 13.8 Å². The second-order valence-corrected chi connectivity index (χ2v) is 15.7. The maximum Gasteiger partial charge on any atom is 0.254 e. The summed E-state index contributed by atoms with van der Waals surface area (Å²) < 4.78 is 55.1. The summed E-state index contributed by atoms with van der Waals surface area (Å²) in [6.07, 6.45) is 11.3. The van der Waals surface area contributed by atoms with E-state index in [-0.39, 0.29) is 32.0 Å². The quantitative estimate of drug-likeness (QED) is 0.0629. The largest absolute Gasteiger partial charge is 0.387 e. The number of carbonyl (C=O) groups excluding carboxylic acids is 4. The first-order chi connectivity index (χ1) is 34.8. The minimum absolute atomic E-state index is 0.0282. The Morgan fingerprint density at radius 3 is 1.48 bits per heavy atom. The Kier molecular flexibility index (Phi) is 30.0. The van der Waals surface area contributed by atoms with Gasteiger partial charge in [-0.2, -0.15) is 0 Å². The number of hydrogen-bond acceptors (Lipinski definition) is 20. The molecule has 71 heavy (non-hydrogen) atoms. The zero-order chi connectivity index (χ0) is 50.6. The highest BCUT2D eigenvalue weighted by Gasteiger charge is 2.25. The van der Waals surface area contributed by atoms with Crippen LogP contribution in [0.2, 0.25) is 0 Å². The number of hydrogen-bond donors (Lipinski definition) is 3. The first-order valence-electron chi connectivity index (χ1n) is 24.3. The van der Waals surface area contributed by atoms with Gasteiger partial charge in [0.2, 0.25) is 17.8 Å². The summed E-state index contributed by atoms with van der Waals surface area (Å²) in [7, 11) is 0. The second kappa shape index (κ2) is 36.6. The number of pyridine rings is 1. The van der Waals surface area contributed by atoms with Crippen molar-refractivity contribution in [1.29, 1.82) is 0 Å². The van der Waals surface area contributed by atoms with Crippen LogP contribution in [0.4, 0.5) is 11.6 Å². The highest BCUT2D eigenvalue weighted by atomic mass is 16.6. The number of aliphatic imine (C=N–C) groups is 1. The van der Waals surface area contributed by atoms with Gasteiger partial charge in [-0.25, -0.2) is 15.0 Å². The van der Waals surface area contributed by atoms with Crippen molar-refractivity contribution in [3.8, 4) is 11.1 Å². The summed E-state index contributed by atoms with van der Waals surface area (Å²) in [5, 5.41) is 5.75. The fourth-order valence-electron chi connectivity index (χ4n) is 6.56. The molecule has 0 fully saturated rings. The molecule has 394 valence electrons. The van der Waals surface area contributed by atoms with E-state index in [2.05, 4.69) is 44.4 Å². The molecule has 2 aliphatic rings. The minimum atomic E-state index is -0.496. The highest BCUT2D eigenvalue weighted by Crippen LogP contribution is 2.30. The number of ether oxygens (including phenoxy) is 10. The van der Waals surface area contributed by atoms with Crippen molar-refractivity contribution in [2.75, 3.05) is 170 Å². The van der Waals surface area contributed by atoms with Crippen molar-refractivity contribution in [2.45, 2.75) is 33.1 Å². The molecule has 0 aromatic carbocycles. The third kappa shape index (κ3) is 24.6. The van der Waals surface area contributed by atoms with Crippen LogP contribution in [0.25, 0.3) is 17.2 Å². The first kappa shape index (κ1) is 58.2. The van der Waals surface area contributed by atoms with E-state index in [9.17, 15) is 19.2 Å². The van der Waals surface area contributed by atoms with Gasteiger partial charge in [-0.15, -0.1) is 0 Å². The van der Waals surface area contributed by atoms with Crippen molar-refractivity contribution in [3.05, 3.63) is 48.1 Å². The van der Waals surface area contributed by atoms with E-state index < -0.39 is 17.7 Å². The molecule has 0 saturated carbocycles. The fraction of sp³-hybridized carbons (Fsp3) is 0.625. The number of amidine groups is 1. The predicted molar refractivity (Wildman–Crippen MR) is 262 cm³/mol. The average molecular weight is 1000 g/mol. The van der Waals surface area contributed by atoms with E-state index in [0.717, 1.165) is 41.0 Å². The van der Waals surface area contributed by atoms with E-state index in [1.807, 2.05) is 11.0 Å². The maximum atomic E-state index is 13.3. The molecular weight excluding hydrogens is 927 g/mol. The van der Waals surface area contributed by atoms with Crippen molar-refractivity contribution >= 4 is 47.2 Å². The van der Waals surface area contributed by atoms with Crippen molar-refractivity contribution < 1.29 is 66.5 Å². The summed E-state index contributed by atoms with van der Waals surface area (Å²) in [5.41, 5.74) is 9.58. The molecule has 2 aromatic heterocycles. The zero-order valence-electron chi connectivity index (χ0n) is 41.3. The summed E-state index contributed by atoms with van der Waals surface area (Å²) in [6.45, 7) is 14.6. The molecule has 23 heteroatoms. The molecule has 0 aliphatic carbocycles. The molecule has 4 N–H and O–H groups in total. The highest BCUT2D eigenvalue weighted by molar-refractivity contribution is 6.14. The SMILES string of the molecule is CCCN(CCC)C(=O)C1=Cc2ncc(-c3cnc(NCCOCCOCCOCCOCCOCCOCCOCCOCCOCCOCCNC(=O)CN4C(=O)C=CC4=O)nc3)cc2N=C(N)C1. The molecule has 0 spiro atoms. The van der Waals surface area contributed by atoms with E-state index in [4.69, 9.17) is 53.1 Å². The average Bonchev–Trinajstić information content (AvgIpc) is 3.57. The van der Waals surface area contributed by atoms with E-state index in [1.54, 1.807) is 24.7 Å². The van der Waals surface area contributed by atoms with Gasteiger partial charge >= 0.3 is 0 Å². The van der Waals surface area contributed by atoms with Crippen molar-refractivity contribution in [1.82, 2.24) is 30.1 Å². The monoisotopic (exact) mass is 1000 g/mol. The Labute approximate surface area is 416 Å². The predicted octanol–water partition coefficient (Wildman–Crippen LogP) is 1.58. The first-order valence-corrected chi connectivity index (χ1v) is 24.3. The molecule has 2 aliphatic heterocycles. The number of amides is 4. The molecule has 0 unspecified atom stereocenters. The molecule has 2 aromatic rings. The van der Waals surface area contributed by atoms with Crippen LogP contribution in [0.3, 0.4) is 0 Å². The Morgan fingerprint density at radius 1 is 0.606 bits per heavy atom. The molecule has 0 atom stereocenters. The number of anilines is 1. The van der Waals surface area contributed by atoms with Gasteiger partial charge in [0.05, 0.1) is 144 Å². The lowest BCUT2D eigenvalue weighted by atomic mass is 10.1. The number of rotatable bonds is 42. The Bertz CT molecular complexity index is 1930. The van der Waals surface area contributed by atoms with Crippen LogP contribution in [0, 0.1) is 0 Å². The number of nitrogens with two attached hydrogens (primary N) is 1. The third-order valence-corrected chi connectivity index (χ3v) is 10.0.